The average molecular weight is 292 g/mol. The number of aromatic nitrogens is 2. The Morgan fingerprint density at radius 1 is 1.30 bits per heavy atom. The van der Waals surface area contributed by atoms with Crippen molar-refractivity contribution in [3.63, 3.8) is 0 Å². The van der Waals surface area contributed by atoms with Crippen LogP contribution in [0.15, 0.2) is 40.3 Å². The van der Waals surface area contributed by atoms with E-state index < -0.39 is 0 Å². The topological polar surface area (TPSA) is 107 Å². The largest absolute Gasteiger partial charge is 0.493 e. The molecule has 0 atom stereocenters. The van der Waals surface area contributed by atoms with Crippen LogP contribution in [-0.2, 0) is 0 Å². The smallest absolute Gasteiger partial charge is 0.253 e. The number of nitrogens with two attached hydrogens (primary N) is 2. The van der Waals surface area contributed by atoms with Crippen LogP contribution in [0.5, 0.6) is 5.75 Å². The standard InChI is InChI=1S/C13H16N4O2S/c14-9-3-1-4-10(7-9)19-5-2-6-20-13-16-11(15)8-12(18)17-13/h1,3-4,7-8H,2,5-6,14H2,(H3,15,16,17,18). The number of rotatable bonds is 6. The first-order valence-corrected chi connectivity index (χ1v) is 7.10. The van der Waals surface area contributed by atoms with E-state index in [1.165, 1.54) is 17.8 Å². The Morgan fingerprint density at radius 3 is 2.90 bits per heavy atom. The van der Waals surface area contributed by atoms with Crippen molar-refractivity contribution in [2.24, 2.45) is 0 Å². The van der Waals surface area contributed by atoms with Gasteiger partial charge in [0.1, 0.15) is 11.6 Å². The summed E-state index contributed by atoms with van der Waals surface area (Å²) in [6, 6.07) is 8.56. The van der Waals surface area contributed by atoms with Crippen molar-refractivity contribution in [1.82, 2.24) is 9.97 Å². The van der Waals surface area contributed by atoms with Crippen molar-refractivity contribution in [2.45, 2.75) is 11.6 Å². The molecular weight excluding hydrogens is 276 g/mol. The van der Waals surface area contributed by atoms with Crippen LogP contribution in [0.25, 0.3) is 0 Å². The van der Waals surface area contributed by atoms with E-state index in [4.69, 9.17) is 16.2 Å². The van der Waals surface area contributed by atoms with E-state index in [1.807, 2.05) is 18.2 Å². The molecule has 0 fully saturated rings. The lowest BCUT2D eigenvalue weighted by molar-refractivity contribution is 0.319. The maximum absolute atomic E-state index is 11.2. The van der Waals surface area contributed by atoms with Crippen molar-refractivity contribution >= 4 is 23.3 Å². The Hall–Kier alpha value is -2.15. The first-order valence-electron chi connectivity index (χ1n) is 6.11. The first kappa shape index (κ1) is 14.3. The predicted octanol–water partition coefficient (Wildman–Crippen LogP) is 1.50. The lowest BCUT2D eigenvalue weighted by Crippen LogP contribution is -2.09. The molecule has 0 aliphatic heterocycles. The quantitative estimate of drug-likeness (QED) is 0.322. The van der Waals surface area contributed by atoms with Gasteiger partial charge in [0.2, 0.25) is 0 Å². The first-order chi connectivity index (χ1) is 9.63. The third-order valence-electron chi connectivity index (χ3n) is 2.39. The molecule has 5 N–H and O–H groups in total. The summed E-state index contributed by atoms with van der Waals surface area (Å²) in [6.45, 7) is 0.572. The van der Waals surface area contributed by atoms with E-state index in [2.05, 4.69) is 9.97 Å². The van der Waals surface area contributed by atoms with Crippen LogP contribution in [0, 0.1) is 0 Å². The van der Waals surface area contributed by atoms with Crippen LogP contribution < -0.4 is 21.8 Å². The van der Waals surface area contributed by atoms with Gasteiger partial charge in [-0.3, -0.25) is 4.79 Å². The molecule has 0 radical (unpaired) electrons. The maximum atomic E-state index is 11.2. The Morgan fingerprint density at radius 2 is 2.15 bits per heavy atom. The van der Waals surface area contributed by atoms with Crippen LogP contribution >= 0.6 is 11.8 Å². The fourth-order valence-electron chi connectivity index (χ4n) is 1.54. The molecule has 2 rings (SSSR count). The minimum absolute atomic E-state index is 0.229. The summed E-state index contributed by atoms with van der Waals surface area (Å²) in [6.07, 6.45) is 0.817. The van der Waals surface area contributed by atoms with Crippen molar-refractivity contribution in [2.75, 3.05) is 23.8 Å². The third kappa shape index (κ3) is 4.51. The molecule has 0 saturated carbocycles. The number of benzene rings is 1. The number of nitrogen functional groups attached to an aromatic ring is 2. The molecule has 7 heteroatoms. The molecule has 0 bridgehead atoms. The van der Waals surface area contributed by atoms with E-state index in [0.29, 0.717) is 17.5 Å². The second-order valence-corrected chi connectivity index (χ2v) is 5.18. The predicted molar refractivity (Wildman–Crippen MR) is 81.0 cm³/mol. The Labute approximate surface area is 120 Å². The number of H-pyrrole nitrogens is 1. The highest BCUT2D eigenvalue weighted by molar-refractivity contribution is 7.99. The van der Waals surface area contributed by atoms with E-state index in [9.17, 15) is 4.79 Å². The highest BCUT2D eigenvalue weighted by atomic mass is 32.2. The lowest BCUT2D eigenvalue weighted by atomic mass is 10.3. The molecule has 0 saturated heterocycles. The molecule has 1 aromatic heterocycles. The number of anilines is 2. The molecule has 2 aromatic rings. The fraction of sp³-hybridized carbons (Fsp3) is 0.231. The molecule has 0 amide bonds. The van der Waals surface area contributed by atoms with Crippen LogP contribution in [0.1, 0.15) is 6.42 Å². The van der Waals surface area contributed by atoms with Crippen LogP contribution in [0.4, 0.5) is 11.5 Å². The Kier molecular flexibility index (Phi) is 4.89. The summed E-state index contributed by atoms with van der Waals surface area (Å²) >= 11 is 1.44. The molecule has 6 nitrogen and oxygen atoms in total. The summed E-state index contributed by atoms with van der Waals surface area (Å²) in [4.78, 5) is 17.8. The fourth-order valence-corrected chi connectivity index (χ4v) is 2.34. The van der Waals surface area contributed by atoms with Crippen molar-refractivity contribution in [3.8, 4) is 5.75 Å². The van der Waals surface area contributed by atoms with Gasteiger partial charge in [0.15, 0.2) is 5.16 Å². The average Bonchev–Trinajstić information content (AvgIpc) is 2.37. The number of hydrogen-bond donors (Lipinski definition) is 3. The van der Waals surface area contributed by atoms with Gasteiger partial charge in [0.05, 0.1) is 6.61 Å². The van der Waals surface area contributed by atoms with Crippen molar-refractivity contribution in [1.29, 1.82) is 0 Å². The van der Waals surface area contributed by atoms with Gasteiger partial charge in [0, 0.05) is 23.6 Å². The zero-order chi connectivity index (χ0) is 14.4. The lowest BCUT2D eigenvalue weighted by Gasteiger charge is -2.06. The number of hydrogen-bond acceptors (Lipinski definition) is 6. The van der Waals surface area contributed by atoms with E-state index in [-0.39, 0.29) is 11.4 Å². The van der Waals surface area contributed by atoms with Crippen LogP contribution in [0.3, 0.4) is 0 Å². The maximum Gasteiger partial charge on any atom is 0.253 e. The molecule has 1 aromatic carbocycles. The van der Waals surface area contributed by atoms with Crippen molar-refractivity contribution in [3.05, 3.63) is 40.7 Å². The van der Waals surface area contributed by atoms with E-state index >= 15 is 0 Å². The van der Waals surface area contributed by atoms with Gasteiger partial charge in [-0.1, -0.05) is 17.8 Å². The normalized spacial score (nSPS) is 10.4. The SMILES string of the molecule is Nc1cccc(OCCCSc2nc(N)cc(=O)[nH]2)c1. The number of nitrogens with zero attached hydrogens (tertiary/aromatic N) is 1. The van der Waals surface area contributed by atoms with Crippen LogP contribution in [0.2, 0.25) is 0 Å². The molecule has 0 aliphatic carbocycles. The number of nitrogens with one attached hydrogen (secondary N) is 1. The van der Waals surface area contributed by atoms with Gasteiger partial charge in [-0.2, -0.15) is 0 Å². The third-order valence-corrected chi connectivity index (χ3v) is 3.35. The Balaban J connectivity index is 1.73. The minimum Gasteiger partial charge on any atom is -0.493 e. The van der Waals surface area contributed by atoms with Crippen molar-refractivity contribution < 1.29 is 4.74 Å². The molecule has 0 unspecified atom stereocenters. The highest BCUT2D eigenvalue weighted by Crippen LogP contribution is 2.16. The molecule has 1 heterocycles. The van der Waals surface area contributed by atoms with Gasteiger partial charge in [-0.25, -0.2) is 4.98 Å². The van der Waals surface area contributed by atoms with Gasteiger partial charge in [-0.05, 0) is 18.6 Å². The molecule has 106 valence electrons. The minimum atomic E-state index is -0.240. The zero-order valence-corrected chi connectivity index (χ0v) is 11.7. The van der Waals surface area contributed by atoms with Gasteiger partial charge < -0.3 is 21.2 Å². The van der Waals surface area contributed by atoms with Crippen LogP contribution in [-0.4, -0.2) is 22.3 Å². The highest BCUT2D eigenvalue weighted by Gasteiger charge is 2.00. The summed E-state index contributed by atoms with van der Waals surface area (Å²) in [5.74, 6) is 1.76. The van der Waals surface area contributed by atoms with Gasteiger partial charge in [0.25, 0.3) is 5.56 Å². The zero-order valence-electron chi connectivity index (χ0n) is 10.8. The molecular formula is C13H16N4O2S. The number of thioether (sulfide) groups is 1. The molecule has 20 heavy (non-hydrogen) atoms. The summed E-state index contributed by atoms with van der Waals surface area (Å²) in [7, 11) is 0. The number of aromatic amines is 1. The number of ether oxygens (including phenoxy) is 1. The summed E-state index contributed by atoms with van der Waals surface area (Å²) < 4.78 is 5.56. The van der Waals surface area contributed by atoms with Gasteiger partial charge in [-0.15, -0.1) is 0 Å². The van der Waals surface area contributed by atoms with E-state index in [1.54, 1.807) is 6.07 Å². The summed E-state index contributed by atoms with van der Waals surface area (Å²) in [5, 5.41) is 0.527. The van der Waals surface area contributed by atoms with E-state index in [0.717, 1.165) is 17.9 Å². The second-order valence-electron chi connectivity index (χ2n) is 4.10. The second kappa shape index (κ2) is 6.85. The molecule has 0 aliphatic rings. The summed E-state index contributed by atoms with van der Waals surface area (Å²) in [5.41, 5.74) is 11.6. The Bertz CT molecular complexity index is 630. The monoisotopic (exact) mass is 292 g/mol. The molecule has 0 spiro atoms. The van der Waals surface area contributed by atoms with Gasteiger partial charge >= 0.3 is 0 Å².